The van der Waals surface area contributed by atoms with E-state index in [1.54, 1.807) is 7.11 Å². The number of nitrogens with two attached hydrogens (primary N) is 1. The van der Waals surface area contributed by atoms with Gasteiger partial charge >= 0.3 is 12.1 Å². The molecule has 10 heteroatoms. The molecule has 7 nitrogen and oxygen atoms in total. The standard InChI is InChI=1S/C23H27N3O2.C2HF3O2/c1-25-15-21(20-13-19(28-2)6-7-22(20)25)23(27)26-10-8-17(9-11-26)18-5-3-4-16(12-18)14-24;3-2(4,5)1(6)7/h3-7,12-13,15,17H,8-11,14,24H2,1-2H3;(H,6,7). The van der Waals surface area contributed by atoms with Crippen molar-refractivity contribution < 1.29 is 32.6 Å². The van der Waals surface area contributed by atoms with Gasteiger partial charge in [0.2, 0.25) is 0 Å². The number of piperidine rings is 1. The fourth-order valence-corrected chi connectivity index (χ4v) is 4.23. The van der Waals surface area contributed by atoms with Crippen molar-refractivity contribution in [1.29, 1.82) is 0 Å². The minimum atomic E-state index is -5.08. The zero-order valence-electron chi connectivity index (χ0n) is 19.5. The number of halogens is 3. The van der Waals surface area contributed by atoms with Crippen LogP contribution in [0.5, 0.6) is 5.75 Å². The lowest BCUT2D eigenvalue weighted by Gasteiger charge is -2.32. The van der Waals surface area contributed by atoms with Gasteiger partial charge in [0.15, 0.2) is 0 Å². The minimum absolute atomic E-state index is 0.105. The van der Waals surface area contributed by atoms with Crippen LogP contribution in [-0.4, -0.2) is 52.8 Å². The van der Waals surface area contributed by atoms with E-state index in [1.165, 1.54) is 11.1 Å². The van der Waals surface area contributed by atoms with Gasteiger partial charge in [-0.25, -0.2) is 4.79 Å². The summed E-state index contributed by atoms with van der Waals surface area (Å²) in [6.07, 6.45) is -1.19. The SMILES string of the molecule is COc1ccc2c(c1)c(C(=O)N1CCC(c3cccc(CN)c3)CC1)cn2C.O=C(O)C(F)(F)F. The summed E-state index contributed by atoms with van der Waals surface area (Å²) in [6, 6.07) is 14.4. The molecule has 1 amide bonds. The first-order valence-corrected chi connectivity index (χ1v) is 11.1. The van der Waals surface area contributed by atoms with Gasteiger partial charge in [-0.1, -0.05) is 24.3 Å². The molecule has 3 aromatic rings. The van der Waals surface area contributed by atoms with Crippen molar-refractivity contribution in [3.63, 3.8) is 0 Å². The van der Waals surface area contributed by atoms with Crippen LogP contribution in [-0.2, 0) is 18.4 Å². The molecule has 35 heavy (non-hydrogen) atoms. The molecule has 0 spiro atoms. The van der Waals surface area contributed by atoms with Gasteiger partial charge in [-0.3, -0.25) is 4.79 Å². The summed E-state index contributed by atoms with van der Waals surface area (Å²) in [4.78, 5) is 24.1. The predicted octanol–water partition coefficient (Wildman–Crippen LogP) is 4.30. The normalized spacial score (nSPS) is 14.4. The lowest BCUT2D eigenvalue weighted by atomic mass is 9.88. The largest absolute Gasteiger partial charge is 0.497 e. The Morgan fingerprint density at radius 1 is 1.14 bits per heavy atom. The van der Waals surface area contributed by atoms with Gasteiger partial charge in [0.1, 0.15) is 5.75 Å². The fraction of sp³-hybridized carbons (Fsp3) is 0.360. The molecule has 2 aromatic carbocycles. The molecule has 2 heterocycles. The van der Waals surface area contributed by atoms with Crippen LogP contribution < -0.4 is 10.5 Å². The second-order valence-electron chi connectivity index (χ2n) is 8.36. The number of alkyl halides is 3. The molecule has 1 saturated heterocycles. The van der Waals surface area contributed by atoms with Crippen LogP contribution in [0.25, 0.3) is 10.9 Å². The van der Waals surface area contributed by atoms with E-state index < -0.39 is 12.1 Å². The quantitative estimate of drug-likeness (QED) is 0.567. The van der Waals surface area contributed by atoms with E-state index in [1.807, 2.05) is 40.9 Å². The third-order valence-corrected chi connectivity index (χ3v) is 6.11. The van der Waals surface area contributed by atoms with Crippen LogP contribution in [0.1, 0.15) is 40.2 Å². The molecule has 3 N–H and O–H groups in total. The lowest BCUT2D eigenvalue weighted by Crippen LogP contribution is -2.37. The fourth-order valence-electron chi connectivity index (χ4n) is 4.23. The number of carboxylic acid groups (broad SMARTS) is 1. The van der Waals surface area contributed by atoms with Crippen molar-refractivity contribution in [1.82, 2.24) is 9.47 Å². The van der Waals surface area contributed by atoms with Gasteiger partial charge in [0.05, 0.1) is 12.7 Å². The summed E-state index contributed by atoms with van der Waals surface area (Å²) in [5.41, 5.74) is 10.1. The maximum atomic E-state index is 13.2. The van der Waals surface area contributed by atoms with Crippen molar-refractivity contribution >= 4 is 22.8 Å². The number of methoxy groups -OCH3 is 1. The average molecular weight is 492 g/mol. The Hall–Kier alpha value is -3.53. The number of ether oxygens (including phenoxy) is 1. The summed E-state index contributed by atoms with van der Waals surface area (Å²) in [5, 5.41) is 8.07. The Labute approximate surface area is 200 Å². The van der Waals surface area contributed by atoms with E-state index in [9.17, 15) is 18.0 Å². The molecular formula is C25H28F3N3O4. The Balaban J connectivity index is 0.000000429. The molecule has 1 fully saturated rings. The highest BCUT2D eigenvalue weighted by Crippen LogP contribution is 2.31. The Bertz CT molecular complexity index is 1200. The zero-order valence-corrected chi connectivity index (χ0v) is 19.5. The predicted molar refractivity (Wildman–Crippen MR) is 125 cm³/mol. The number of carbonyl (C=O) groups is 2. The highest BCUT2D eigenvalue weighted by molar-refractivity contribution is 6.07. The zero-order chi connectivity index (χ0) is 25.8. The van der Waals surface area contributed by atoms with Crippen LogP contribution in [0.15, 0.2) is 48.7 Å². The number of aromatic nitrogens is 1. The lowest BCUT2D eigenvalue weighted by molar-refractivity contribution is -0.192. The average Bonchev–Trinajstić information content (AvgIpc) is 3.19. The van der Waals surface area contributed by atoms with Gasteiger partial charge in [-0.05, 0) is 48.1 Å². The number of benzene rings is 2. The topological polar surface area (TPSA) is 97.8 Å². The Kier molecular flexibility index (Phi) is 8.06. The van der Waals surface area contributed by atoms with Gasteiger partial charge < -0.3 is 25.0 Å². The van der Waals surface area contributed by atoms with E-state index in [2.05, 4.69) is 24.3 Å². The molecule has 1 aliphatic rings. The van der Waals surface area contributed by atoms with Crippen LogP contribution in [0.2, 0.25) is 0 Å². The van der Waals surface area contributed by atoms with Crippen molar-refractivity contribution in [2.24, 2.45) is 12.8 Å². The number of hydrogen-bond acceptors (Lipinski definition) is 4. The minimum Gasteiger partial charge on any atom is -0.497 e. The molecular weight excluding hydrogens is 463 g/mol. The molecule has 188 valence electrons. The molecule has 0 saturated carbocycles. The first kappa shape index (κ1) is 26.1. The number of amides is 1. The van der Waals surface area contributed by atoms with Gasteiger partial charge in [0.25, 0.3) is 5.91 Å². The summed E-state index contributed by atoms with van der Waals surface area (Å²) >= 11 is 0. The number of carboxylic acids is 1. The van der Waals surface area contributed by atoms with E-state index in [0.29, 0.717) is 12.5 Å². The molecule has 0 atom stereocenters. The number of carbonyl (C=O) groups excluding carboxylic acids is 1. The van der Waals surface area contributed by atoms with E-state index in [-0.39, 0.29) is 5.91 Å². The number of nitrogens with zero attached hydrogens (tertiary/aromatic N) is 2. The molecule has 0 radical (unpaired) electrons. The second-order valence-corrected chi connectivity index (χ2v) is 8.36. The summed E-state index contributed by atoms with van der Waals surface area (Å²) in [7, 11) is 3.62. The summed E-state index contributed by atoms with van der Waals surface area (Å²) in [6.45, 7) is 2.11. The molecule has 4 rings (SSSR count). The first-order valence-electron chi connectivity index (χ1n) is 11.1. The number of rotatable bonds is 4. The Morgan fingerprint density at radius 3 is 2.37 bits per heavy atom. The third kappa shape index (κ3) is 6.13. The molecule has 0 bridgehead atoms. The van der Waals surface area contributed by atoms with Gasteiger partial charge in [-0.2, -0.15) is 13.2 Å². The molecule has 1 aliphatic heterocycles. The van der Waals surface area contributed by atoms with Crippen molar-refractivity contribution in [3.05, 3.63) is 65.4 Å². The number of likely N-dealkylation sites (tertiary alicyclic amines) is 1. The smallest absolute Gasteiger partial charge is 0.490 e. The Morgan fingerprint density at radius 2 is 1.80 bits per heavy atom. The van der Waals surface area contributed by atoms with E-state index >= 15 is 0 Å². The van der Waals surface area contributed by atoms with Crippen LogP contribution in [0.3, 0.4) is 0 Å². The third-order valence-electron chi connectivity index (χ3n) is 6.11. The summed E-state index contributed by atoms with van der Waals surface area (Å²) < 4.78 is 39.1. The number of aliphatic carboxylic acids is 1. The van der Waals surface area contributed by atoms with Crippen molar-refractivity contribution in [3.8, 4) is 5.75 Å². The monoisotopic (exact) mass is 491 g/mol. The van der Waals surface area contributed by atoms with Crippen LogP contribution in [0.4, 0.5) is 13.2 Å². The van der Waals surface area contributed by atoms with Crippen molar-refractivity contribution in [2.75, 3.05) is 20.2 Å². The second kappa shape index (κ2) is 10.8. The van der Waals surface area contributed by atoms with Crippen LogP contribution in [0, 0.1) is 0 Å². The van der Waals surface area contributed by atoms with E-state index in [0.717, 1.165) is 48.1 Å². The highest BCUT2D eigenvalue weighted by atomic mass is 19.4. The van der Waals surface area contributed by atoms with Gasteiger partial charge in [0, 0.05) is 43.8 Å². The molecule has 0 unspecified atom stereocenters. The van der Waals surface area contributed by atoms with E-state index in [4.69, 9.17) is 20.4 Å². The number of aryl methyl sites for hydroxylation is 1. The highest BCUT2D eigenvalue weighted by Gasteiger charge is 2.38. The van der Waals surface area contributed by atoms with Gasteiger partial charge in [-0.15, -0.1) is 0 Å². The summed E-state index contributed by atoms with van der Waals surface area (Å²) in [5.74, 6) is -1.39. The number of fused-ring (bicyclic) bond motifs is 1. The first-order chi connectivity index (χ1) is 16.5. The van der Waals surface area contributed by atoms with Crippen LogP contribution >= 0.6 is 0 Å². The number of hydrogen-bond donors (Lipinski definition) is 2. The molecule has 0 aliphatic carbocycles. The maximum absolute atomic E-state index is 13.2. The molecule has 1 aromatic heterocycles. The van der Waals surface area contributed by atoms with Crippen molar-refractivity contribution in [2.45, 2.75) is 31.5 Å². The maximum Gasteiger partial charge on any atom is 0.490 e.